The summed E-state index contributed by atoms with van der Waals surface area (Å²) in [5.74, 6) is 0.829. The van der Waals surface area contributed by atoms with Crippen LogP contribution in [0, 0.1) is 0 Å². The van der Waals surface area contributed by atoms with Crippen molar-refractivity contribution in [3.63, 3.8) is 0 Å². The molecule has 2 rings (SSSR count). The maximum atomic E-state index is 5.41. The highest BCUT2D eigenvalue weighted by Crippen LogP contribution is 2.08. The molecule has 0 aliphatic rings. The van der Waals surface area contributed by atoms with E-state index in [2.05, 4.69) is 0 Å². The van der Waals surface area contributed by atoms with Crippen molar-refractivity contribution >= 4 is 0 Å². The Morgan fingerprint density at radius 2 is 1.38 bits per heavy atom. The Bertz CT molecular complexity index is 356. The van der Waals surface area contributed by atoms with Gasteiger partial charge >= 0.3 is 0 Å². The Morgan fingerprint density at radius 1 is 0.750 bits per heavy atom. The largest absolute Gasteiger partial charge is 0.468 e. The topological polar surface area (TPSA) is 18.5 Å². The van der Waals surface area contributed by atoms with Crippen molar-refractivity contribution in [1.82, 2.24) is 0 Å². The van der Waals surface area contributed by atoms with E-state index in [1.807, 2.05) is 60.7 Å². The third-order valence-electron chi connectivity index (χ3n) is 2.16. The van der Waals surface area contributed by atoms with Crippen LogP contribution in [-0.4, -0.2) is 6.79 Å². The fourth-order valence-corrected chi connectivity index (χ4v) is 1.36. The first kappa shape index (κ1) is 10.7. The minimum Gasteiger partial charge on any atom is -0.468 e. The Kier molecular flexibility index (Phi) is 3.97. The Labute approximate surface area is 95.4 Å². The molecule has 0 heterocycles. The van der Waals surface area contributed by atoms with E-state index >= 15 is 0 Å². The molecule has 2 heteroatoms. The lowest BCUT2D eigenvalue weighted by Gasteiger charge is -2.06. The van der Waals surface area contributed by atoms with Gasteiger partial charge in [0.05, 0.1) is 6.61 Å². The van der Waals surface area contributed by atoms with Gasteiger partial charge in [-0.1, -0.05) is 48.5 Å². The number of ether oxygens (including phenoxy) is 2. The predicted octanol–water partition coefficient (Wildman–Crippen LogP) is 3.24. The molecular weight excluding hydrogens is 200 g/mol. The summed E-state index contributed by atoms with van der Waals surface area (Å²) in [7, 11) is 0. The van der Waals surface area contributed by atoms with Crippen molar-refractivity contribution in [2.45, 2.75) is 6.61 Å². The predicted molar refractivity (Wildman–Crippen MR) is 63.2 cm³/mol. The maximum Gasteiger partial charge on any atom is 0.189 e. The molecule has 0 saturated carbocycles. The van der Waals surface area contributed by atoms with Crippen LogP contribution >= 0.6 is 0 Å². The van der Waals surface area contributed by atoms with E-state index in [1.165, 1.54) is 0 Å². The highest BCUT2D eigenvalue weighted by atomic mass is 16.7. The molecule has 0 fully saturated rings. The zero-order valence-electron chi connectivity index (χ0n) is 9.00. The lowest BCUT2D eigenvalue weighted by Crippen LogP contribution is -2.02. The molecule has 2 nitrogen and oxygen atoms in total. The Hall–Kier alpha value is -1.80. The second kappa shape index (κ2) is 5.93. The van der Waals surface area contributed by atoms with Crippen LogP contribution in [0.5, 0.6) is 5.75 Å². The van der Waals surface area contributed by atoms with E-state index in [1.54, 1.807) is 0 Å². The van der Waals surface area contributed by atoms with E-state index in [9.17, 15) is 0 Å². The number of para-hydroxylation sites is 1. The molecule has 16 heavy (non-hydrogen) atoms. The van der Waals surface area contributed by atoms with Crippen molar-refractivity contribution < 1.29 is 9.47 Å². The summed E-state index contributed by atoms with van der Waals surface area (Å²) in [5, 5.41) is 0. The van der Waals surface area contributed by atoms with E-state index < -0.39 is 0 Å². The van der Waals surface area contributed by atoms with Crippen LogP contribution in [0.4, 0.5) is 0 Å². The lowest BCUT2D eigenvalue weighted by atomic mass is 10.2. The molecule has 0 amide bonds. The first-order valence-electron chi connectivity index (χ1n) is 5.25. The smallest absolute Gasteiger partial charge is 0.189 e. The van der Waals surface area contributed by atoms with E-state index in [4.69, 9.17) is 9.47 Å². The molecule has 0 aromatic heterocycles. The molecule has 0 aliphatic carbocycles. The quantitative estimate of drug-likeness (QED) is 0.562. The second-order valence-corrected chi connectivity index (χ2v) is 3.41. The van der Waals surface area contributed by atoms with E-state index in [0.29, 0.717) is 6.61 Å². The van der Waals surface area contributed by atoms with Crippen LogP contribution in [0.2, 0.25) is 0 Å². The zero-order valence-corrected chi connectivity index (χ0v) is 9.00. The molecule has 0 saturated heterocycles. The van der Waals surface area contributed by atoms with Crippen molar-refractivity contribution in [1.29, 1.82) is 0 Å². The first-order valence-corrected chi connectivity index (χ1v) is 5.25. The summed E-state index contributed by atoms with van der Waals surface area (Å²) in [6, 6.07) is 19.7. The summed E-state index contributed by atoms with van der Waals surface area (Å²) in [6.45, 7) is 0.854. The molecule has 82 valence electrons. The van der Waals surface area contributed by atoms with Gasteiger partial charge in [-0.25, -0.2) is 0 Å². The monoisotopic (exact) mass is 214 g/mol. The molecular formula is C14H14O2. The fraction of sp³-hybridized carbons (Fsp3) is 0.143. The molecule has 0 aliphatic heterocycles. The van der Waals surface area contributed by atoms with Gasteiger partial charge in [0.1, 0.15) is 5.75 Å². The van der Waals surface area contributed by atoms with E-state index in [-0.39, 0.29) is 6.79 Å². The van der Waals surface area contributed by atoms with Crippen molar-refractivity contribution in [2.24, 2.45) is 0 Å². The summed E-state index contributed by atoms with van der Waals surface area (Å²) in [4.78, 5) is 0. The highest BCUT2D eigenvalue weighted by Gasteiger charge is 1.93. The molecule has 0 bridgehead atoms. The van der Waals surface area contributed by atoms with Gasteiger partial charge in [0.15, 0.2) is 6.79 Å². The second-order valence-electron chi connectivity index (χ2n) is 3.41. The fourth-order valence-electron chi connectivity index (χ4n) is 1.36. The van der Waals surface area contributed by atoms with Crippen LogP contribution in [0.25, 0.3) is 0 Å². The van der Waals surface area contributed by atoms with E-state index in [0.717, 1.165) is 11.3 Å². The molecule has 0 radical (unpaired) electrons. The molecule has 0 spiro atoms. The minimum absolute atomic E-state index is 0.277. The van der Waals surface area contributed by atoms with Gasteiger partial charge in [-0.3, -0.25) is 0 Å². The summed E-state index contributed by atoms with van der Waals surface area (Å²) < 4.78 is 10.8. The van der Waals surface area contributed by atoms with Crippen LogP contribution in [0.3, 0.4) is 0 Å². The highest BCUT2D eigenvalue weighted by molar-refractivity contribution is 5.20. The number of rotatable bonds is 5. The van der Waals surface area contributed by atoms with Crippen molar-refractivity contribution in [3.8, 4) is 5.75 Å². The number of hydrogen-bond donors (Lipinski definition) is 0. The number of benzene rings is 2. The summed E-state index contributed by atoms with van der Waals surface area (Å²) in [6.07, 6.45) is 0. The minimum atomic E-state index is 0.277. The van der Waals surface area contributed by atoms with Crippen molar-refractivity contribution in [3.05, 3.63) is 66.2 Å². The molecule has 0 unspecified atom stereocenters. The van der Waals surface area contributed by atoms with Gasteiger partial charge in [-0.15, -0.1) is 0 Å². The van der Waals surface area contributed by atoms with Gasteiger partial charge in [0.25, 0.3) is 0 Å². The Morgan fingerprint density at radius 3 is 2.06 bits per heavy atom. The average Bonchev–Trinajstić information content (AvgIpc) is 2.37. The lowest BCUT2D eigenvalue weighted by molar-refractivity contribution is 0.00505. The molecule has 0 N–H and O–H groups in total. The first-order chi connectivity index (χ1) is 7.95. The average molecular weight is 214 g/mol. The van der Waals surface area contributed by atoms with Gasteiger partial charge in [-0.05, 0) is 17.7 Å². The van der Waals surface area contributed by atoms with Crippen LogP contribution in [0.15, 0.2) is 60.7 Å². The van der Waals surface area contributed by atoms with Crippen LogP contribution in [-0.2, 0) is 11.3 Å². The summed E-state index contributed by atoms with van der Waals surface area (Å²) >= 11 is 0. The van der Waals surface area contributed by atoms with Crippen molar-refractivity contribution in [2.75, 3.05) is 6.79 Å². The Balaban J connectivity index is 1.70. The zero-order chi connectivity index (χ0) is 11.1. The van der Waals surface area contributed by atoms with Gasteiger partial charge < -0.3 is 9.47 Å². The molecule has 2 aromatic rings. The molecule has 2 aromatic carbocycles. The summed E-state index contributed by atoms with van der Waals surface area (Å²) in [5.41, 5.74) is 1.15. The SMILES string of the molecule is c1ccc(COCOc2ccccc2)cc1. The third-order valence-corrected chi connectivity index (χ3v) is 2.16. The maximum absolute atomic E-state index is 5.41. The van der Waals surface area contributed by atoms with Crippen LogP contribution < -0.4 is 4.74 Å². The normalized spacial score (nSPS) is 10.0. The van der Waals surface area contributed by atoms with Gasteiger partial charge in [0.2, 0.25) is 0 Å². The molecule has 0 atom stereocenters. The number of hydrogen-bond acceptors (Lipinski definition) is 2. The standard InChI is InChI=1S/C14H14O2/c1-3-7-13(8-4-1)11-15-12-16-14-9-5-2-6-10-14/h1-10H,11-12H2. The van der Waals surface area contributed by atoms with Gasteiger partial charge in [-0.2, -0.15) is 0 Å². The van der Waals surface area contributed by atoms with Gasteiger partial charge in [0, 0.05) is 0 Å². The van der Waals surface area contributed by atoms with Crippen LogP contribution in [0.1, 0.15) is 5.56 Å². The third kappa shape index (κ3) is 3.41.